The molecule has 2 aromatic rings. The van der Waals surface area contributed by atoms with Crippen LogP contribution in [-0.2, 0) is 0 Å². The normalized spacial score (nSPS) is 9.89. The van der Waals surface area contributed by atoms with Crippen LogP contribution >= 0.6 is 0 Å². The van der Waals surface area contributed by atoms with Gasteiger partial charge in [-0.2, -0.15) is 0 Å². The SMILES string of the molecule is COc1cc(C)ccc1Oc1ncc(C=O)cn1. The third kappa shape index (κ3) is 2.63. The van der Waals surface area contributed by atoms with E-state index in [9.17, 15) is 4.79 Å². The third-order valence-corrected chi connectivity index (χ3v) is 2.30. The average molecular weight is 244 g/mol. The Morgan fingerprint density at radius 3 is 2.50 bits per heavy atom. The van der Waals surface area contributed by atoms with E-state index in [-0.39, 0.29) is 6.01 Å². The van der Waals surface area contributed by atoms with Crippen molar-refractivity contribution in [2.24, 2.45) is 0 Å². The molecule has 0 aliphatic carbocycles. The highest BCUT2D eigenvalue weighted by Gasteiger charge is 2.07. The summed E-state index contributed by atoms with van der Waals surface area (Å²) in [4.78, 5) is 18.3. The highest BCUT2D eigenvalue weighted by atomic mass is 16.5. The molecule has 1 heterocycles. The average Bonchev–Trinajstić information content (AvgIpc) is 2.41. The molecule has 0 aliphatic rings. The van der Waals surface area contributed by atoms with E-state index < -0.39 is 0 Å². The van der Waals surface area contributed by atoms with Crippen LogP contribution < -0.4 is 9.47 Å². The number of rotatable bonds is 4. The molecule has 92 valence electrons. The van der Waals surface area contributed by atoms with Crippen molar-refractivity contribution in [1.29, 1.82) is 0 Å². The number of carbonyl (C=O) groups excluding carboxylic acids is 1. The van der Waals surface area contributed by atoms with Gasteiger partial charge in [0.2, 0.25) is 0 Å². The molecule has 0 saturated heterocycles. The van der Waals surface area contributed by atoms with Crippen LogP contribution in [0.15, 0.2) is 30.6 Å². The number of carbonyl (C=O) groups is 1. The van der Waals surface area contributed by atoms with Gasteiger partial charge < -0.3 is 9.47 Å². The fourth-order valence-electron chi connectivity index (χ4n) is 1.40. The summed E-state index contributed by atoms with van der Waals surface area (Å²) in [6, 6.07) is 5.71. The fraction of sp³-hybridized carbons (Fsp3) is 0.154. The van der Waals surface area contributed by atoms with Crippen LogP contribution in [0, 0.1) is 6.92 Å². The summed E-state index contributed by atoms with van der Waals surface area (Å²) in [6.07, 6.45) is 3.47. The summed E-state index contributed by atoms with van der Waals surface area (Å²) in [5.41, 5.74) is 1.47. The van der Waals surface area contributed by atoms with Crippen molar-refractivity contribution in [2.45, 2.75) is 6.92 Å². The van der Waals surface area contributed by atoms with E-state index in [0.717, 1.165) is 5.56 Å². The van der Waals surface area contributed by atoms with Crippen molar-refractivity contribution in [3.8, 4) is 17.5 Å². The number of aromatic nitrogens is 2. The lowest BCUT2D eigenvalue weighted by molar-refractivity contribution is 0.112. The molecular weight excluding hydrogens is 232 g/mol. The third-order valence-electron chi connectivity index (χ3n) is 2.30. The smallest absolute Gasteiger partial charge is 0.322 e. The highest BCUT2D eigenvalue weighted by molar-refractivity contribution is 5.73. The van der Waals surface area contributed by atoms with Gasteiger partial charge in [0.15, 0.2) is 17.8 Å². The summed E-state index contributed by atoms with van der Waals surface area (Å²) in [7, 11) is 1.57. The number of methoxy groups -OCH3 is 1. The molecule has 0 radical (unpaired) electrons. The van der Waals surface area contributed by atoms with Gasteiger partial charge in [0, 0.05) is 12.4 Å². The Labute approximate surface area is 104 Å². The predicted octanol–water partition coefficient (Wildman–Crippen LogP) is 2.40. The van der Waals surface area contributed by atoms with E-state index in [1.54, 1.807) is 13.2 Å². The lowest BCUT2D eigenvalue weighted by Gasteiger charge is -2.09. The number of hydrogen-bond acceptors (Lipinski definition) is 5. The summed E-state index contributed by atoms with van der Waals surface area (Å²) < 4.78 is 10.7. The molecule has 0 spiro atoms. The predicted molar refractivity (Wildman–Crippen MR) is 65.2 cm³/mol. The number of aldehydes is 1. The van der Waals surface area contributed by atoms with Gasteiger partial charge in [0.05, 0.1) is 12.7 Å². The first-order valence-electron chi connectivity index (χ1n) is 5.32. The molecule has 0 atom stereocenters. The van der Waals surface area contributed by atoms with Crippen molar-refractivity contribution >= 4 is 6.29 Å². The van der Waals surface area contributed by atoms with Crippen molar-refractivity contribution in [3.63, 3.8) is 0 Å². The summed E-state index contributed by atoms with van der Waals surface area (Å²) in [5.74, 6) is 1.14. The molecule has 0 bridgehead atoms. The van der Waals surface area contributed by atoms with Crippen LogP contribution in [0.4, 0.5) is 0 Å². The molecule has 1 aromatic heterocycles. The van der Waals surface area contributed by atoms with Crippen LogP contribution in [0.3, 0.4) is 0 Å². The monoisotopic (exact) mass is 244 g/mol. The van der Waals surface area contributed by atoms with Gasteiger partial charge in [-0.05, 0) is 24.6 Å². The molecule has 2 rings (SSSR count). The minimum Gasteiger partial charge on any atom is -0.493 e. The number of ether oxygens (including phenoxy) is 2. The van der Waals surface area contributed by atoms with Crippen LogP contribution in [0.2, 0.25) is 0 Å². The van der Waals surface area contributed by atoms with Crippen LogP contribution in [0.5, 0.6) is 17.5 Å². The fourth-order valence-corrected chi connectivity index (χ4v) is 1.40. The van der Waals surface area contributed by atoms with E-state index in [2.05, 4.69) is 9.97 Å². The van der Waals surface area contributed by atoms with Crippen molar-refractivity contribution in [1.82, 2.24) is 9.97 Å². The zero-order valence-corrected chi connectivity index (χ0v) is 10.1. The van der Waals surface area contributed by atoms with Gasteiger partial charge in [-0.1, -0.05) is 6.07 Å². The van der Waals surface area contributed by atoms with Gasteiger partial charge in [-0.25, -0.2) is 9.97 Å². The Balaban J connectivity index is 2.24. The Morgan fingerprint density at radius 1 is 1.17 bits per heavy atom. The second-order valence-electron chi connectivity index (χ2n) is 3.67. The molecular formula is C13H12N2O3. The van der Waals surface area contributed by atoms with Gasteiger partial charge >= 0.3 is 6.01 Å². The maximum absolute atomic E-state index is 10.5. The van der Waals surface area contributed by atoms with Crippen LogP contribution in [-0.4, -0.2) is 23.4 Å². The van der Waals surface area contributed by atoms with E-state index >= 15 is 0 Å². The molecule has 5 nitrogen and oxygen atoms in total. The van der Waals surface area contributed by atoms with Crippen LogP contribution in [0.25, 0.3) is 0 Å². The lowest BCUT2D eigenvalue weighted by atomic mass is 10.2. The molecule has 1 aromatic carbocycles. The first kappa shape index (κ1) is 12.0. The zero-order valence-electron chi connectivity index (χ0n) is 10.1. The minimum absolute atomic E-state index is 0.169. The number of nitrogens with zero attached hydrogens (tertiary/aromatic N) is 2. The molecule has 0 fully saturated rings. The van der Waals surface area contributed by atoms with Crippen molar-refractivity contribution < 1.29 is 14.3 Å². The van der Waals surface area contributed by atoms with E-state index in [1.807, 2.05) is 19.1 Å². The van der Waals surface area contributed by atoms with Crippen molar-refractivity contribution in [2.75, 3.05) is 7.11 Å². The second kappa shape index (κ2) is 5.27. The summed E-state index contributed by atoms with van der Waals surface area (Å²) >= 11 is 0. The Hall–Kier alpha value is -2.43. The van der Waals surface area contributed by atoms with Crippen LogP contribution in [0.1, 0.15) is 15.9 Å². The quantitative estimate of drug-likeness (QED) is 0.773. The first-order chi connectivity index (χ1) is 8.72. The highest BCUT2D eigenvalue weighted by Crippen LogP contribution is 2.30. The lowest BCUT2D eigenvalue weighted by Crippen LogP contribution is -1.95. The molecule has 0 aliphatic heterocycles. The van der Waals surface area contributed by atoms with Gasteiger partial charge in [-0.3, -0.25) is 4.79 Å². The molecule has 0 unspecified atom stereocenters. The maximum Gasteiger partial charge on any atom is 0.322 e. The summed E-state index contributed by atoms with van der Waals surface area (Å²) in [5, 5.41) is 0. The zero-order chi connectivity index (χ0) is 13.0. The van der Waals surface area contributed by atoms with E-state index in [1.165, 1.54) is 12.4 Å². The maximum atomic E-state index is 10.5. The Morgan fingerprint density at radius 2 is 1.89 bits per heavy atom. The Kier molecular flexibility index (Phi) is 3.52. The molecule has 5 heteroatoms. The van der Waals surface area contributed by atoms with E-state index in [4.69, 9.17) is 9.47 Å². The van der Waals surface area contributed by atoms with E-state index in [0.29, 0.717) is 23.3 Å². The van der Waals surface area contributed by atoms with Gasteiger partial charge in [0.25, 0.3) is 0 Å². The van der Waals surface area contributed by atoms with Gasteiger partial charge in [-0.15, -0.1) is 0 Å². The molecule has 0 amide bonds. The van der Waals surface area contributed by atoms with Gasteiger partial charge in [0.1, 0.15) is 0 Å². The van der Waals surface area contributed by atoms with Crippen molar-refractivity contribution in [3.05, 3.63) is 41.7 Å². The topological polar surface area (TPSA) is 61.3 Å². The number of hydrogen-bond donors (Lipinski definition) is 0. The molecule has 0 N–H and O–H groups in total. The molecule has 0 saturated carbocycles. The molecule has 18 heavy (non-hydrogen) atoms. The summed E-state index contributed by atoms with van der Waals surface area (Å²) in [6.45, 7) is 1.96. The Bertz CT molecular complexity index is 553. The second-order valence-corrected chi connectivity index (χ2v) is 3.67. The number of benzene rings is 1. The largest absolute Gasteiger partial charge is 0.493 e. The standard InChI is InChI=1S/C13H12N2O3/c1-9-3-4-11(12(5-9)17-2)18-13-14-6-10(8-16)7-15-13/h3-8H,1-2H3. The minimum atomic E-state index is 0.169. The first-order valence-corrected chi connectivity index (χ1v) is 5.32. The number of aryl methyl sites for hydroxylation is 1.